The molecule has 0 aliphatic rings. The smallest absolute Gasteiger partial charge is 0.224 e. The van der Waals surface area contributed by atoms with Crippen LogP contribution in [-0.4, -0.2) is 25.6 Å². The number of ether oxygens (including phenoxy) is 1. The zero-order valence-corrected chi connectivity index (χ0v) is 10.6. The summed E-state index contributed by atoms with van der Waals surface area (Å²) in [5, 5.41) is 2.83. The Morgan fingerprint density at radius 2 is 2.24 bits per heavy atom. The molecule has 0 radical (unpaired) electrons. The number of aryl methyl sites for hydroxylation is 1. The molecule has 1 aromatic rings. The average Bonchev–Trinajstić information content (AvgIpc) is 2.29. The summed E-state index contributed by atoms with van der Waals surface area (Å²) in [5.41, 5.74) is 7.46. The maximum absolute atomic E-state index is 11.7. The SMILES string of the molecule is COc1ccc(C)cc1CC(=O)NC(C)CN. The Bertz CT molecular complexity index is 391. The molecule has 1 rings (SSSR count). The van der Waals surface area contributed by atoms with Gasteiger partial charge in [-0.25, -0.2) is 0 Å². The third-order valence-corrected chi connectivity index (χ3v) is 2.55. The van der Waals surface area contributed by atoms with E-state index >= 15 is 0 Å². The molecule has 0 saturated carbocycles. The van der Waals surface area contributed by atoms with Crippen LogP contribution in [0.25, 0.3) is 0 Å². The van der Waals surface area contributed by atoms with Gasteiger partial charge in [0, 0.05) is 18.2 Å². The van der Waals surface area contributed by atoms with Gasteiger partial charge < -0.3 is 15.8 Å². The average molecular weight is 236 g/mol. The van der Waals surface area contributed by atoms with E-state index in [-0.39, 0.29) is 11.9 Å². The van der Waals surface area contributed by atoms with E-state index in [0.717, 1.165) is 16.9 Å². The lowest BCUT2D eigenvalue weighted by Crippen LogP contribution is -2.38. The van der Waals surface area contributed by atoms with Crippen molar-refractivity contribution in [2.75, 3.05) is 13.7 Å². The lowest BCUT2D eigenvalue weighted by atomic mass is 10.1. The third-order valence-electron chi connectivity index (χ3n) is 2.55. The molecule has 0 aliphatic carbocycles. The van der Waals surface area contributed by atoms with Crippen molar-refractivity contribution in [3.63, 3.8) is 0 Å². The zero-order chi connectivity index (χ0) is 12.8. The summed E-state index contributed by atoms with van der Waals surface area (Å²) in [7, 11) is 1.61. The van der Waals surface area contributed by atoms with Gasteiger partial charge in [-0.15, -0.1) is 0 Å². The minimum absolute atomic E-state index is 0.00157. The maximum atomic E-state index is 11.7. The van der Waals surface area contributed by atoms with Gasteiger partial charge in [0.15, 0.2) is 0 Å². The molecule has 0 fully saturated rings. The monoisotopic (exact) mass is 236 g/mol. The predicted molar refractivity (Wildman–Crippen MR) is 68.1 cm³/mol. The van der Waals surface area contributed by atoms with Gasteiger partial charge in [0.2, 0.25) is 5.91 Å². The fourth-order valence-electron chi connectivity index (χ4n) is 1.60. The number of hydrogen-bond donors (Lipinski definition) is 2. The van der Waals surface area contributed by atoms with E-state index in [0.29, 0.717) is 13.0 Å². The van der Waals surface area contributed by atoms with Crippen LogP contribution >= 0.6 is 0 Å². The second kappa shape index (κ2) is 6.25. The lowest BCUT2D eigenvalue weighted by molar-refractivity contribution is -0.121. The topological polar surface area (TPSA) is 64.3 Å². The fourth-order valence-corrected chi connectivity index (χ4v) is 1.60. The van der Waals surface area contributed by atoms with Crippen LogP contribution in [0, 0.1) is 6.92 Å². The van der Waals surface area contributed by atoms with Gasteiger partial charge in [-0.05, 0) is 19.9 Å². The first kappa shape index (κ1) is 13.5. The van der Waals surface area contributed by atoms with Crippen molar-refractivity contribution in [1.29, 1.82) is 0 Å². The molecule has 1 aromatic carbocycles. The molecule has 1 atom stereocenters. The summed E-state index contributed by atoms with van der Waals surface area (Å²) in [5.74, 6) is 0.706. The molecular formula is C13H20N2O2. The number of hydrogen-bond acceptors (Lipinski definition) is 3. The number of nitrogens with two attached hydrogens (primary N) is 1. The zero-order valence-electron chi connectivity index (χ0n) is 10.6. The maximum Gasteiger partial charge on any atom is 0.224 e. The molecule has 0 heterocycles. The molecular weight excluding hydrogens is 216 g/mol. The van der Waals surface area contributed by atoms with Crippen LogP contribution < -0.4 is 15.8 Å². The van der Waals surface area contributed by atoms with E-state index in [2.05, 4.69) is 5.32 Å². The number of amides is 1. The van der Waals surface area contributed by atoms with Crippen LogP contribution in [-0.2, 0) is 11.2 Å². The number of carbonyl (C=O) groups is 1. The van der Waals surface area contributed by atoms with Crippen molar-refractivity contribution in [2.24, 2.45) is 5.73 Å². The summed E-state index contributed by atoms with van der Waals surface area (Å²) in [4.78, 5) is 11.7. The van der Waals surface area contributed by atoms with Gasteiger partial charge in [0.1, 0.15) is 5.75 Å². The molecule has 0 saturated heterocycles. The highest BCUT2D eigenvalue weighted by Gasteiger charge is 2.10. The molecule has 1 unspecified atom stereocenters. The van der Waals surface area contributed by atoms with E-state index in [9.17, 15) is 4.79 Å². The molecule has 3 N–H and O–H groups in total. The Kier molecular flexibility index (Phi) is 4.97. The number of benzene rings is 1. The highest BCUT2D eigenvalue weighted by molar-refractivity contribution is 5.79. The minimum Gasteiger partial charge on any atom is -0.496 e. The van der Waals surface area contributed by atoms with E-state index in [1.807, 2.05) is 32.0 Å². The van der Waals surface area contributed by atoms with Crippen molar-refractivity contribution >= 4 is 5.91 Å². The number of carbonyl (C=O) groups excluding carboxylic acids is 1. The van der Waals surface area contributed by atoms with Gasteiger partial charge >= 0.3 is 0 Å². The minimum atomic E-state index is -0.0353. The van der Waals surface area contributed by atoms with E-state index in [4.69, 9.17) is 10.5 Å². The Morgan fingerprint density at radius 1 is 1.53 bits per heavy atom. The molecule has 94 valence electrons. The molecule has 0 aliphatic heterocycles. The number of rotatable bonds is 5. The first-order chi connectivity index (χ1) is 8.06. The Hall–Kier alpha value is -1.55. The van der Waals surface area contributed by atoms with Crippen molar-refractivity contribution in [3.05, 3.63) is 29.3 Å². The van der Waals surface area contributed by atoms with E-state index < -0.39 is 0 Å². The fraction of sp³-hybridized carbons (Fsp3) is 0.462. The summed E-state index contributed by atoms with van der Waals surface area (Å²) in [6.45, 7) is 4.31. The largest absolute Gasteiger partial charge is 0.496 e. The summed E-state index contributed by atoms with van der Waals surface area (Å²) in [6, 6.07) is 5.80. The normalized spacial score (nSPS) is 12.0. The highest BCUT2D eigenvalue weighted by atomic mass is 16.5. The van der Waals surface area contributed by atoms with Crippen LogP contribution in [0.2, 0.25) is 0 Å². The van der Waals surface area contributed by atoms with Crippen LogP contribution in [0.1, 0.15) is 18.1 Å². The van der Waals surface area contributed by atoms with Crippen LogP contribution in [0.5, 0.6) is 5.75 Å². The predicted octanol–water partition coefficient (Wildman–Crippen LogP) is 1.01. The van der Waals surface area contributed by atoms with Gasteiger partial charge in [-0.3, -0.25) is 4.79 Å². The van der Waals surface area contributed by atoms with Crippen molar-refractivity contribution in [1.82, 2.24) is 5.32 Å². The van der Waals surface area contributed by atoms with Crippen LogP contribution in [0.15, 0.2) is 18.2 Å². The quantitative estimate of drug-likeness (QED) is 0.802. The Morgan fingerprint density at radius 3 is 2.82 bits per heavy atom. The van der Waals surface area contributed by atoms with Gasteiger partial charge in [0.25, 0.3) is 0 Å². The standard InChI is InChI=1S/C13H20N2O2/c1-9-4-5-12(17-3)11(6-9)7-13(16)15-10(2)8-14/h4-6,10H,7-8,14H2,1-3H3,(H,15,16). The number of nitrogens with one attached hydrogen (secondary N) is 1. The molecule has 0 aromatic heterocycles. The van der Waals surface area contributed by atoms with Gasteiger partial charge in [0.05, 0.1) is 13.5 Å². The van der Waals surface area contributed by atoms with Crippen molar-refractivity contribution in [2.45, 2.75) is 26.3 Å². The third kappa shape index (κ3) is 4.07. The molecule has 1 amide bonds. The first-order valence-electron chi connectivity index (χ1n) is 5.69. The lowest BCUT2D eigenvalue weighted by Gasteiger charge is -2.13. The number of methoxy groups -OCH3 is 1. The Labute approximate surface area is 102 Å². The highest BCUT2D eigenvalue weighted by Crippen LogP contribution is 2.20. The van der Waals surface area contributed by atoms with Crippen molar-refractivity contribution in [3.8, 4) is 5.75 Å². The van der Waals surface area contributed by atoms with Crippen LogP contribution in [0.4, 0.5) is 0 Å². The van der Waals surface area contributed by atoms with Gasteiger partial charge in [-0.1, -0.05) is 17.7 Å². The second-order valence-corrected chi connectivity index (χ2v) is 4.20. The van der Waals surface area contributed by atoms with E-state index in [1.165, 1.54) is 0 Å². The van der Waals surface area contributed by atoms with Crippen molar-refractivity contribution < 1.29 is 9.53 Å². The second-order valence-electron chi connectivity index (χ2n) is 4.20. The summed E-state index contributed by atoms with van der Waals surface area (Å²) in [6.07, 6.45) is 0.315. The first-order valence-corrected chi connectivity index (χ1v) is 5.69. The molecule has 0 spiro atoms. The molecule has 4 nitrogen and oxygen atoms in total. The molecule has 0 bridgehead atoms. The Balaban J connectivity index is 2.73. The molecule has 17 heavy (non-hydrogen) atoms. The van der Waals surface area contributed by atoms with Crippen LogP contribution in [0.3, 0.4) is 0 Å². The van der Waals surface area contributed by atoms with Gasteiger partial charge in [-0.2, -0.15) is 0 Å². The van der Waals surface area contributed by atoms with E-state index in [1.54, 1.807) is 7.11 Å². The summed E-state index contributed by atoms with van der Waals surface area (Å²) < 4.78 is 5.23. The summed E-state index contributed by atoms with van der Waals surface area (Å²) >= 11 is 0. The molecule has 4 heteroatoms.